The molecule has 3 N–H and O–H groups in total. The van der Waals surface area contributed by atoms with Gasteiger partial charge in [-0.15, -0.1) is 0 Å². The van der Waals surface area contributed by atoms with Gasteiger partial charge in [0, 0.05) is 0 Å². The van der Waals surface area contributed by atoms with E-state index in [4.69, 9.17) is 0 Å². The van der Waals surface area contributed by atoms with Crippen LogP contribution in [0.2, 0.25) is 0 Å². The number of nitrogens with one attached hydrogen (secondary N) is 3. The quantitative estimate of drug-likeness (QED) is 0.412. The smallest absolute Gasteiger partial charge is 0.0666 e. The molecule has 0 aromatic heterocycles. The van der Waals surface area contributed by atoms with Gasteiger partial charge in [0.2, 0.25) is 0 Å². The van der Waals surface area contributed by atoms with Crippen molar-refractivity contribution >= 4 is 11.9 Å². The number of carboxylic acid groups (broad SMARTS) is 2. The molecule has 0 saturated heterocycles. The van der Waals surface area contributed by atoms with Gasteiger partial charge in [-0.25, -0.2) is 0 Å². The fraction of sp³-hybridized carbons (Fsp3) is 0.647. The van der Waals surface area contributed by atoms with E-state index in [1.807, 2.05) is 0 Å². The minimum absolute atomic E-state index is 0. The molecule has 0 aliphatic heterocycles. The zero-order valence-corrected chi connectivity index (χ0v) is 18.7. The van der Waals surface area contributed by atoms with Crippen LogP contribution in [0, 0.1) is 0 Å². The SMILES string of the molecule is C=C(C)C(=O)[O-].C=C(C)C(=O)[O-].C[NH+](C)C.C[NH+](C)C.C[NH+](C)C.[Cl-]. The molecule has 0 spiro atoms. The van der Waals surface area contributed by atoms with Crippen LogP contribution in [0.1, 0.15) is 13.8 Å². The lowest BCUT2D eigenvalue weighted by molar-refractivity contribution is -0.836. The molecule has 0 aromatic rings. The fourth-order valence-corrected chi connectivity index (χ4v) is 0. The summed E-state index contributed by atoms with van der Waals surface area (Å²) in [5.41, 5.74) is 0.130. The van der Waals surface area contributed by atoms with Crippen molar-refractivity contribution in [3.8, 4) is 0 Å². The first kappa shape index (κ1) is 38.9. The Hall–Kier alpha value is -1.41. The Labute approximate surface area is 161 Å². The minimum atomic E-state index is -1.19. The van der Waals surface area contributed by atoms with Crippen LogP contribution in [0.3, 0.4) is 0 Å². The lowest BCUT2D eigenvalue weighted by Crippen LogP contribution is -3.02. The normalized spacial score (nSPS) is 7.92. The van der Waals surface area contributed by atoms with Crippen molar-refractivity contribution in [1.82, 2.24) is 0 Å². The highest BCUT2D eigenvalue weighted by molar-refractivity contribution is 5.83. The van der Waals surface area contributed by atoms with E-state index in [1.165, 1.54) is 28.5 Å². The van der Waals surface area contributed by atoms with E-state index in [-0.39, 0.29) is 23.6 Å². The highest BCUT2D eigenvalue weighted by Crippen LogP contribution is 1.77. The molecule has 0 saturated carbocycles. The van der Waals surface area contributed by atoms with Crippen LogP contribution in [0.4, 0.5) is 0 Å². The highest BCUT2D eigenvalue weighted by atomic mass is 35.5. The predicted molar refractivity (Wildman–Crippen MR) is 95.8 cm³/mol. The Bertz CT molecular complexity index is 274. The van der Waals surface area contributed by atoms with E-state index in [9.17, 15) is 19.8 Å². The number of carbonyl (C=O) groups is 2. The average molecular weight is 386 g/mol. The van der Waals surface area contributed by atoms with E-state index in [2.05, 4.69) is 76.6 Å². The van der Waals surface area contributed by atoms with Crippen molar-refractivity contribution in [3.63, 3.8) is 0 Å². The summed E-state index contributed by atoms with van der Waals surface area (Å²) >= 11 is 0. The lowest BCUT2D eigenvalue weighted by atomic mass is 10.4. The van der Waals surface area contributed by atoms with Gasteiger partial charge in [-0.2, -0.15) is 0 Å². The second-order valence-electron chi connectivity index (χ2n) is 6.64. The first-order valence-electron chi connectivity index (χ1n) is 7.52. The molecule has 0 heterocycles. The standard InChI is InChI=1S/2C4H6O2.3C3H9N.ClH/c2*1-3(2)4(5)6;3*1-4(2)3;/h2*1H2,2H3,(H,5,6);3*1-3H3;1H. The summed E-state index contributed by atoms with van der Waals surface area (Å²) in [5.74, 6) is -2.37. The van der Waals surface area contributed by atoms with Crippen LogP contribution in [0.25, 0.3) is 0 Å². The maximum absolute atomic E-state index is 9.49. The third-order valence-electron chi connectivity index (χ3n) is 0.697. The molecule has 25 heavy (non-hydrogen) atoms. The lowest BCUT2D eigenvalue weighted by Gasteiger charge is -1.93. The molecule has 0 aliphatic rings. The third-order valence-corrected chi connectivity index (χ3v) is 0.697. The van der Waals surface area contributed by atoms with Gasteiger partial charge in [-0.1, -0.05) is 13.2 Å². The molecular formula is C17H40ClN3O4. The number of carbonyl (C=O) groups excluding carboxylic acids is 2. The van der Waals surface area contributed by atoms with Gasteiger partial charge in [-0.05, 0) is 25.0 Å². The molecule has 0 atom stereocenters. The van der Waals surface area contributed by atoms with Crippen LogP contribution in [-0.4, -0.2) is 75.4 Å². The summed E-state index contributed by atoms with van der Waals surface area (Å²) in [6.45, 7) is 8.95. The van der Waals surface area contributed by atoms with E-state index >= 15 is 0 Å². The van der Waals surface area contributed by atoms with E-state index in [1.54, 1.807) is 0 Å². The van der Waals surface area contributed by atoms with Gasteiger partial charge in [0.15, 0.2) is 0 Å². The van der Waals surface area contributed by atoms with E-state index in [0.29, 0.717) is 0 Å². The first-order chi connectivity index (χ1) is 10.5. The summed E-state index contributed by atoms with van der Waals surface area (Å²) < 4.78 is 0. The van der Waals surface area contributed by atoms with E-state index in [0.717, 1.165) is 0 Å². The van der Waals surface area contributed by atoms with Crippen molar-refractivity contribution in [2.24, 2.45) is 0 Å². The summed E-state index contributed by atoms with van der Waals surface area (Å²) in [6.07, 6.45) is 0. The molecule has 0 aliphatic carbocycles. The van der Waals surface area contributed by atoms with Crippen LogP contribution in [0.5, 0.6) is 0 Å². The van der Waals surface area contributed by atoms with Crippen LogP contribution >= 0.6 is 0 Å². The van der Waals surface area contributed by atoms with Crippen molar-refractivity contribution in [1.29, 1.82) is 0 Å². The summed E-state index contributed by atoms with van der Waals surface area (Å²) in [5, 5.41) is 19.0. The Morgan fingerprint density at radius 1 is 0.600 bits per heavy atom. The van der Waals surface area contributed by atoms with Gasteiger partial charge in [-0.3, -0.25) is 0 Å². The Balaban J connectivity index is -0.0000000454. The predicted octanol–water partition coefficient (Wildman–Crippen LogP) is -8.09. The number of hydrogen-bond acceptors (Lipinski definition) is 4. The molecule has 154 valence electrons. The largest absolute Gasteiger partial charge is 1.00 e. The maximum Gasteiger partial charge on any atom is 0.0666 e. The zero-order valence-electron chi connectivity index (χ0n) is 17.9. The molecule has 0 rings (SSSR count). The average Bonchev–Trinajstić information content (AvgIpc) is 2.26. The molecule has 0 radical (unpaired) electrons. The summed E-state index contributed by atoms with van der Waals surface area (Å²) in [6, 6.07) is 0. The third kappa shape index (κ3) is 221. The molecular weight excluding hydrogens is 346 g/mol. The van der Waals surface area contributed by atoms with Crippen LogP contribution < -0.4 is 37.3 Å². The van der Waals surface area contributed by atoms with Gasteiger partial charge in [0.25, 0.3) is 0 Å². The number of hydrogen-bond donors (Lipinski definition) is 3. The molecule has 0 amide bonds. The van der Waals surface area contributed by atoms with Crippen molar-refractivity contribution in [3.05, 3.63) is 24.3 Å². The molecule has 7 nitrogen and oxygen atoms in total. The highest BCUT2D eigenvalue weighted by Gasteiger charge is 1.76. The van der Waals surface area contributed by atoms with Crippen LogP contribution in [-0.2, 0) is 9.59 Å². The maximum atomic E-state index is 9.49. The second kappa shape index (κ2) is 27.4. The number of halogens is 1. The van der Waals surface area contributed by atoms with Gasteiger partial charge in [0.05, 0.1) is 75.4 Å². The second-order valence-corrected chi connectivity index (χ2v) is 6.64. The molecule has 0 unspecified atom stereocenters. The van der Waals surface area contributed by atoms with Gasteiger partial charge in [0.1, 0.15) is 0 Å². The Morgan fingerprint density at radius 3 is 0.640 bits per heavy atom. The monoisotopic (exact) mass is 385 g/mol. The number of aliphatic carboxylic acids is 2. The molecule has 0 aromatic carbocycles. The van der Waals surface area contributed by atoms with E-state index < -0.39 is 11.9 Å². The Kier molecular flexibility index (Phi) is 42.7. The van der Waals surface area contributed by atoms with Crippen LogP contribution in [0.15, 0.2) is 24.3 Å². The first-order valence-corrected chi connectivity index (χ1v) is 7.52. The Morgan fingerprint density at radius 2 is 0.640 bits per heavy atom. The summed E-state index contributed by atoms with van der Waals surface area (Å²) in [7, 11) is 18.8. The van der Waals surface area contributed by atoms with Crippen molar-refractivity contribution in [2.75, 3.05) is 63.4 Å². The van der Waals surface area contributed by atoms with Gasteiger partial charge < -0.3 is 46.9 Å². The molecule has 0 bridgehead atoms. The fourth-order valence-electron chi connectivity index (χ4n) is 0. The summed E-state index contributed by atoms with van der Waals surface area (Å²) in [4.78, 5) is 23.2. The van der Waals surface area contributed by atoms with Crippen molar-refractivity contribution in [2.45, 2.75) is 13.8 Å². The minimum Gasteiger partial charge on any atom is -1.00 e. The van der Waals surface area contributed by atoms with Crippen molar-refractivity contribution < 1.29 is 46.9 Å². The number of quaternary nitrogens is 3. The molecule has 0 fully saturated rings. The number of carboxylic acids is 2. The van der Waals surface area contributed by atoms with Gasteiger partial charge >= 0.3 is 0 Å². The molecule has 8 heteroatoms. The topological polar surface area (TPSA) is 93.6 Å². The zero-order chi connectivity index (χ0) is 21.0. The number of rotatable bonds is 2.